The van der Waals surface area contributed by atoms with E-state index in [1.165, 1.54) is 0 Å². The number of hydrogen-bond donors (Lipinski definition) is 0. The number of rotatable bonds is 4. The zero-order chi connectivity index (χ0) is 10.6. The highest BCUT2D eigenvalue weighted by Crippen LogP contribution is 2.20. The summed E-state index contributed by atoms with van der Waals surface area (Å²) in [6.45, 7) is 4.79. The fraction of sp³-hybridized carbons (Fsp3) is 0.800. The lowest BCUT2D eigenvalue weighted by Gasteiger charge is -2.23. The molecule has 1 fully saturated rings. The summed E-state index contributed by atoms with van der Waals surface area (Å²) >= 11 is 1.84. The van der Waals surface area contributed by atoms with Crippen molar-refractivity contribution in [2.75, 3.05) is 18.1 Å². The molecule has 0 saturated carbocycles. The lowest BCUT2D eigenvalue weighted by atomic mass is 10.1. The van der Waals surface area contributed by atoms with Crippen LogP contribution in [-0.2, 0) is 4.79 Å². The maximum Gasteiger partial charge on any atom is 0.224 e. The van der Waals surface area contributed by atoms with Crippen LogP contribution in [0.2, 0.25) is 0 Å². The highest BCUT2D eigenvalue weighted by molar-refractivity contribution is 7.99. The Morgan fingerprint density at radius 2 is 2.50 bits per heavy atom. The summed E-state index contributed by atoms with van der Waals surface area (Å²) in [6, 6.07) is 2.44. The number of amides is 1. The van der Waals surface area contributed by atoms with Gasteiger partial charge in [-0.2, -0.15) is 17.0 Å². The van der Waals surface area contributed by atoms with Crippen LogP contribution < -0.4 is 0 Å². The maximum atomic E-state index is 11.5. The van der Waals surface area contributed by atoms with E-state index in [1.807, 2.05) is 16.7 Å². The third-order valence-electron chi connectivity index (χ3n) is 2.44. The average Bonchev–Trinajstić information content (AvgIpc) is 2.56. The van der Waals surface area contributed by atoms with Crippen molar-refractivity contribution in [2.24, 2.45) is 5.92 Å². The molecule has 1 aliphatic heterocycles. The fourth-order valence-corrected chi connectivity index (χ4v) is 2.38. The molecule has 0 bridgehead atoms. The fourth-order valence-electron chi connectivity index (χ4n) is 1.62. The van der Waals surface area contributed by atoms with E-state index >= 15 is 0 Å². The highest BCUT2D eigenvalue weighted by atomic mass is 32.2. The average molecular weight is 212 g/mol. The normalized spacial score (nSPS) is 23.6. The van der Waals surface area contributed by atoms with E-state index < -0.39 is 0 Å². The second-order valence-electron chi connectivity index (χ2n) is 3.58. The summed E-state index contributed by atoms with van der Waals surface area (Å²) in [6.07, 6.45) is 0.414. The van der Waals surface area contributed by atoms with Crippen LogP contribution in [0.1, 0.15) is 20.3 Å². The van der Waals surface area contributed by atoms with Crippen molar-refractivity contribution in [3.63, 3.8) is 0 Å². The van der Waals surface area contributed by atoms with Gasteiger partial charge in [-0.25, -0.2) is 0 Å². The van der Waals surface area contributed by atoms with Crippen molar-refractivity contribution in [3.05, 3.63) is 0 Å². The molecular formula is C10H16N2OS. The Labute approximate surface area is 89.5 Å². The molecule has 78 valence electrons. The summed E-state index contributed by atoms with van der Waals surface area (Å²) in [4.78, 5) is 13.4. The lowest BCUT2D eigenvalue weighted by Crippen LogP contribution is -2.36. The van der Waals surface area contributed by atoms with Gasteiger partial charge in [0.25, 0.3) is 0 Å². The van der Waals surface area contributed by atoms with Crippen LogP contribution in [0.25, 0.3) is 0 Å². The Bertz CT molecular complexity index is 249. The van der Waals surface area contributed by atoms with Gasteiger partial charge < -0.3 is 4.90 Å². The van der Waals surface area contributed by atoms with E-state index in [0.29, 0.717) is 13.0 Å². The summed E-state index contributed by atoms with van der Waals surface area (Å²) in [5.74, 6) is 2.10. The van der Waals surface area contributed by atoms with Crippen LogP contribution in [0, 0.1) is 17.2 Å². The minimum Gasteiger partial charge on any atom is -0.338 e. The van der Waals surface area contributed by atoms with Gasteiger partial charge in [-0.05, 0) is 12.7 Å². The summed E-state index contributed by atoms with van der Waals surface area (Å²) in [7, 11) is 0. The third kappa shape index (κ3) is 2.65. The van der Waals surface area contributed by atoms with Gasteiger partial charge in [0, 0.05) is 24.8 Å². The molecule has 0 aromatic carbocycles. The summed E-state index contributed by atoms with van der Waals surface area (Å²) < 4.78 is 0. The van der Waals surface area contributed by atoms with Crippen molar-refractivity contribution in [2.45, 2.75) is 26.3 Å². The van der Waals surface area contributed by atoms with Crippen LogP contribution >= 0.6 is 11.8 Å². The van der Waals surface area contributed by atoms with Crippen molar-refractivity contribution in [1.82, 2.24) is 4.90 Å². The van der Waals surface area contributed by atoms with Crippen molar-refractivity contribution in [1.29, 1.82) is 5.26 Å². The number of nitrogens with zero attached hydrogens (tertiary/aromatic N) is 2. The first-order chi connectivity index (χ1) is 6.69. The number of carbonyl (C=O) groups is 1. The zero-order valence-electron chi connectivity index (χ0n) is 8.69. The Balaban J connectivity index is 2.45. The van der Waals surface area contributed by atoms with Crippen LogP contribution in [-0.4, -0.2) is 34.9 Å². The molecule has 4 heteroatoms. The van der Waals surface area contributed by atoms with Gasteiger partial charge in [0.05, 0.1) is 12.0 Å². The molecule has 1 rings (SSSR count). The molecule has 1 aliphatic rings. The van der Waals surface area contributed by atoms with Crippen molar-refractivity contribution < 1.29 is 4.79 Å². The zero-order valence-corrected chi connectivity index (χ0v) is 9.51. The monoisotopic (exact) mass is 212 g/mol. The van der Waals surface area contributed by atoms with E-state index in [1.54, 1.807) is 0 Å². The van der Waals surface area contributed by atoms with Gasteiger partial charge in [-0.15, -0.1) is 0 Å². The molecule has 14 heavy (non-hydrogen) atoms. The van der Waals surface area contributed by atoms with Gasteiger partial charge >= 0.3 is 0 Å². The second-order valence-corrected chi connectivity index (χ2v) is 4.90. The lowest BCUT2D eigenvalue weighted by molar-refractivity contribution is -0.129. The van der Waals surface area contributed by atoms with E-state index in [2.05, 4.69) is 19.9 Å². The number of nitriles is 1. The molecule has 0 aromatic rings. The summed E-state index contributed by atoms with van der Waals surface area (Å²) in [5, 5.41) is 8.73. The molecule has 2 unspecified atom stereocenters. The molecule has 0 spiro atoms. The Morgan fingerprint density at radius 1 is 1.79 bits per heavy atom. The molecule has 0 radical (unpaired) electrons. The number of thioether (sulfide) groups is 1. The van der Waals surface area contributed by atoms with Crippen LogP contribution in [0.5, 0.6) is 0 Å². The maximum absolute atomic E-state index is 11.5. The van der Waals surface area contributed by atoms with E-state index in [9.17, 15) is 4.79 Å². The van der Waals surface area contributed by atoms with E-state index in [0.717, 1.165) is 11.5 Å². The van der Waals surface area contributed by atoms with E-state index in [4.69, 9.17) is 5.26 Å². The van der Waals surface area contributed by atoms with Crippen molar-refractivity contribution >= 4 is 17.7 Å². The van der Waals surface area contributed by atoms with Crippen molar-refractivity contribution in [3.8, 4) is 6.07 Å². The minimum atomic E-state index is -0.0865. The molecule has 0 aromatic heterocycles. The Morgan fingerprint density at radius 3 is 3.00 bits per heavy atom. The number of carbonyl (C=O) groups excluding carboxylic acids is 1. The Kier molecular flexibility index (Phi) is 4.27. The highest BCUT2D eigenvalue weighted by Gasteiger charge is 2.32. The van der Waals surface area contributed by atoms with Crippen LogP contribution in [0.15, 0.2) is 0 Å². The number of hydrogen-bond acceptors (Lipinski definition) is 3. The molecule has 0 aliphatic carbocycles. The van der Waals surface area contributed by atoms with Gasteiger partial charge in [-0.1, -0.05) is 6.92 Å². The topological polar surface area (TPSA) is 44.1 Å². The predicted molar refractivity (Wildman–Crippen MR) is 57.9 cm³/mol. The third-order valence-corrected chi connectivity index (χ3v) is 3.56. The molecule has 1 saturated heterocycles. The quantitative estimate of drug-likeness (QED) is 0.709. The first-order valence-electron chi connectivity index (χ1n) is 4.95. The molecule has 2 atom stereocenters. The van der Waals surface area contributed by atoms with Gasteiger partial charge in [0.1, 0.15) is 0 Å². The van der Waals surface area contributed by atoms with Gasteiger partial charge in [0.15, 0.2) is 0 Å². The first kappa shape index (κ1) is 11.4. The minimum absolute atomic E-state index is 0.0865. The molecule has 0 N–H and O–H groups in total. The van der Waals surface area contributed by atoms with Gasteiger partial charge in [-0.3, -0.25) is 4.79 Å². The predicted octanol–water partition coefficient (Wildman–Crippen LogP) is 1.50. The van der Waals surface area contributed by atoms with Gasteiger partial charge in [0.2, 0.25) is 5.91 Å². The SMILES string of the molecule is CCSCC(C)N1CC(C#N)CC1=O. The molecular weight excluding hydrogens is 196 g/mol. The summed E-state index contributed by atoms with van der Waals surface area (Å²) in [5.41, 5.74) is 0. The standard InChI is InChI=1S/C10H16N2OS/c1-3-14-7-8(2)12-6-9(5-11)4-10(12)13/h8-9H,3-4,6-7H2,1-2H3. The molecule has 1 heterocycles. The second kappa shape index (κ2) is 5.26. The smallest absolute Gasteiger partial charge is 0.224 e. The molecule has 1 amide bonds. The molecule has 3 nitrogen and oxygen atoms in total. The van der Waals surface area contributed by atoms with Crippen LogP contribution in [0.4, 0.5) is 0 Å². The first-order valence-corrected chi connectivity index (χ1v) is 6.11. The largest absolute Gasteiger partial charge is 0.338 e. The van der Waals surface area contributed by atoms with E-state index in [-0.39, 0.29) is 17.9 Å². The number of likely N-dealkylation sites (tertiary alicyclic amines) is 1. The van der Waals surface area contributed by atoms with Crippen LogP contribution in [0.3, 0.4) is 0 Å². The Hall–Kier alpha value is -0.690.